The number of halogens is 2. The summed E-state index contributed by atoms with van der Waals surface area (Å²) in [6.45, 7) is 3.41. The third-order valence-electron chi connectivity index (χ3n) is 3.51. The molecule has 3 nitrogen and oxygen atoms in total. The molecule has 0 fully saturated rings. The van der Waals surface area contributed by atoms with Crippen LogP contribution in [0.15, 0.2) is 36.4 Å². The number of fused-ring (bicyclic) bond motifs is 1. The first-order chi connectivity index (χ1) is 10.3. The number of hydrogen-bond acceptors (Lipinski definition) is 3. The molecule has 0 saturated carbocycles. The van der Waals surface area contributed by atoms with Gasteiger partial charge in [-0.2, -0.15) is 0 Å². The summed E-state index contributed by atoms with van der Waals surface area (Å²) >= 11 is 0. The van der Waals surface area contributed by atoms with Gasteiger partial charge in [-0.15, -0.1) is 0 Å². The molecule has 0 amide bonds. The standard InChI is InChI=1S/C17H19F2NO2/c1-17(2,16(21)22)8-7-11-3-4-12-5-6-13(10-15(18)19)20-14(12)9-11/h3-9,15-16,21-22H,10H2,1-2H3/b8-7+. The minimum absolute atomic E-state index is 0.356. The highest BCUT2D eigenvalue weighted by molar-refractivity contribution is 5.81. The monoisotopic (exact) mass is 307 g/mol. The van der Waals surface area contributed by atoms with Crippen LogP contribution < -0.4 is 0 Å². The fourth-order valence-corrected chi connectivity index (χ4v) is 1.95. The first kappa shape index (κ1) is 16.5. The van der Waals surface area contributed by atoms with Crippen LogP contribution >= 0.6 is 0 Å². The van der Waals surface area contributed by atoms with Crippen LogP contribution in [-0.2, 0) is 6.42 Å². The number of alkyl halides is 2. The van der Waals surface area contributed by atoms with Crippen LogP contribution in [0.5, 0.6) is 0 Å². The van der Waals surface area contributed by atoms with Crippen molar-refractivity contribution in [2.45, 2.75) is 33.0 Å². The molecule has 1 aromatic heterocycles. The molecule has 0 aliphatic heterocycles. The van der Waals surface area contributed by atoms with Gasteiger partial charge in [-0.25, -0.2) is 8.78 Å². The molecule has 0 saturated heterocycles. The van der Waals surface area contributed by atoms with Gasteiger partial charge < -0.3 is 10.2 Å². The first-order valence-corrected chi connectivity index (χ1v) is 7.01. The smallest absolute Gasteiger partial charge is 0.244 e. The van der Waals surface area contributed by atoms with E-state index in [-0.39, 0.29) is 6.42 Å². The van der Waals surface area contributed by atoms with Crippen molar-refractivity contribution in [2.24, 2.45) is 5.41 Å². The summed E-state index contributed by atoms with van der Waals surface area (Å²) in [5.41, 5.74) is 1.04. The molecule has 1 aromatic carbocycles. The number of rotatable bonds is 5. The van der Waals surface area contributed by atoms with Gasteiger partial charge in [-0.3, -0.25) is 4.98 Å². The fraction of sp³-hybridized carbons (Fsp3) is 0.353. The third kappa shape index (κ3) is 4.08. The van der Waals surface area contributed by atoms with Gasteiger partial charge >= 0.3 is 0 Å². The quantitative estimate of drug-likeness (QED) is 0.833. The Bertz CT molecular complexity index is 681. The van der Waals surface area contributed by atoms with E-state index in [0.29, 0.717) is 11.2 Å². The van der Waals surface area contributed by atoms with Crippen LogP contribution in [0.25, 0.3) is 17.0 Å². The molecule has 0 spiro atoms. The predicted molar refractivity (Wildman–Crippen MR) is 82.5 cm³/mol. The molecule has 0 bridgehead atoms. The zero-order valence-corrected chi connectivity index (χ0v) is 12.5. The zero-order valence-electron chi connectivity index (χ0n) is 12.5. The Hall–Kier alpha value is -1.85. The molecule has 0 aliphatic carbocycles. The van der Waals surface area contributed by atoms with E-state index in [2.05, 4.69) is 4.98 Å². The molecular weight excluding hydrogens is 288 g/mol. The van der Waals surface area contributed by atoms with Gasteiger partial charge in [0.1, 0.15) is 0 Å². The van der Waals surface area contributed by atoms with Crippen molar-refractivity contribution >= 4 is 17.0 Å². The molecule has 1 heterocycles. The van der Waals surface area contributed by atoms with Crippen molar-refractivity contribution in [1.82, 2.24) is 4.98 Å². The highest BCUT2D eigenvalue weighted by atomic mass is 19.3. The number of aliphatic hydroxyl groups is 2. The number of nitrogens with zero attached hydrogens (tertiary/aromatic N) is 1. The van der Waals surface area contributed by atoms with E-state index in [9.17, 15) is 19.0 Å². The molecule has 22 heavy (non-hydrogen) atoms. The maximum Gasteiger partial charge on any atom is 0.244 e. The minimum Gasteiger partial charge on any atom is -0.367 e. The Kier molecular flexibility index (Phi) is 4.88. The van der Waals surface area contributed by atoms with Crippen molar-refractivity contribution in [1.29, 1.82) is 0 Å². The predicted octanol–water partition coefficient (Wildman–Crippen LogP) is 3.39. The van der Waals surface area contributed by atoms with Crippen molar-refractivity contribution in [2.75, 3.05) is 0 Å². The number of benzene rings is 1. The largest absolute Gasteiger partial charge is 0.367 e. The highest BCUT2D eigenvalue weighted by Gasteiger charge is 2.22. The van der Waals surface area contributed by atoms with Crippen LogP contribution in [-0.4, -0.2) is 27.9 Å². The van der Waals surface area contributed by atoms with Crippen molar-refractivity contribution in [3.8, 4) is 0 Å². The van der Waals surface area contributed by atoms with Gasteiger partial charge in [0.15, 0.2) is 6.29 Å². The normalized spacial score (nSPS) is 12.9. The minimum atomic E-state index is -2.42. The molecule has 2 aromatic rings. The maximum absolute atomic E-state index is 12.4. The third-order valence-corrected chi connectivity index (χ3v) is 3.51. The highest BCUT2D eigenvalue weighted by Crippen LogP contribution is 2.23. The second-order valence-corrected chi connectivity index (χ2v) is 5.88. The molecule has 118 valence electrons. The van der Waals surface area contributed by atoms with Crippen LogP contribution in [0.2, 0.25) is 0 Å². The van der Waals surface area contributed by atoms with Crippen LogP contribution in [0.1, 0.15) is 25.1 Å². The number of hydrogen-bond donors (Lipinski definition) is 2. The van der Waals surface area contributed by atoms with E-state index < -0.39 is 18.1 Å². The SMILES string of the molecule is CC(C)(/C=C/c1ccc2ccc(CC(F)F)nc2c1)C(O)O. The van der Waals surface area contributed by atoms with Crippen molar-refractivity contribution < 1.29 is 19.0 Å². The molecule has 0 aliphatic rings. The molecule has 5 heteroatoms. The summed E-state index contributed by atoms with van der Waals surface area (Å²) in [5.74, 6) is 0. The lowest BCUT2D eigenvalue weighted by Crippen LogP contribution is -2.26. The van der Waals surface area contributed by atoms with E-state index in [1.54, 1.807) is 44.2 Å². The van der Waals surface area contributed by atoms with E-state index in [0.717, 1.165) is 10.9 Å². The van der Waals surface area contributed by atoms with Gasteiger partial charge in [-0.1, -0.05) is 44.2 Å². The van der Waals surface area contributed by atoms with Crippen molar-refractivity contribution in [3.63, 3.8) is 0 Å². The Morgan fingerprint density at radius 2 is 1.86 bits per heavy atom. The summed E-state index contributed by atoms with van der Waals surface area (Å²) in [7, 11) is 0. The summed E-state index contributed by atoms with van der Waals surface area (Å²) in [6, 6.07) is 8.90. The van der Waals surface area contributed by atoms with Crippen LogP contribution in [0, 0.1) is 5.41 Å². The molecule has 0 radical (unpaired) electrons. The number of aliphatic hydroxyl groups excluding tert-OH is 1. The molecule has 0 unspecified atom stereocenters. The lowest BCUT2D eigenvalue weighted by atomic mass is 9.91. The summed E-state index contributed by atoms with van der Waals surface area (Å²) in [4.78, 5) is 4.24. The van der Waals surface area contributed by atoms with E-state index in [4.69, 9.17) is 0 Å². The van der Waals surface area contributed by atoms with E-state index in [1.165, 1.54) is 0 Å². The van der Waals surface area contributed by atoms with Gasteiger partial charge in [0.25, 0.3) is 0 Å². The first-order valence-electron chi connectivity index (χ1n) is 7.01. The maximum atomic E-state index is 12.4. The van der Waals surface area contributed by atoms with Gasteiger partial charge in [0.05, 0.1) is 11.9 Å². The molecular formula is C17H19F2NO2. The summed E-state index contributed by atoms with van der Waals surface area (Å²) in [6.07, 6.45) is -0.776. The van der Waals surface area contributed by atoms with Crippen LogP contribution in [0.4, 0.5) is 8.78 Å². The van der Waals surface area contributed by atoms with Gasteiger partial charge in [-0.05, 0) is 17.7 Å². The number of aromatic nitrogens is 1. The summed E-state index contributed by atoms with van der Waals surface area (Å²) < 4.78 is 24.9. The lowest BCUT2D eigenvalue weighted by Gasteiger charge is -2.22. The Morgan fingerprint density at radius 3 is 2.50 bits per heavy atom. The Balaban J connectivity index is 2.30. The Morgan fingerprint density at radius 1 is 1.18 bits per heavy atom. The average Bonchev–Trinajstić information content (AvgIpc) is 2.44. The van der Waals surface area contributed by atoms with Crippen LogP contribution in [0.3, 0.4) is 0 Å². The zero-order chi connectivity index (χ0) is 16.3. The molecule has 2 N–H and O–H groups in total. The van der Waals surface area contributed by atoms with E-state index in [1.807, 2.05) is 12.1 Å². The van der Waals surface area contributed by atoms with Crippen molar-refractivity contribution in [3.05, 3.63) is 47.7 Å². The molecule has 0 atom stereocenters. The second-order valence-electron chi connectivity index (χ2n) is 5.88. The Labute approximate surface area is 127 Å². The molecule has 2 rings (SSSR count). The topological polar surface area (TPSA) is 53.4 Å². The number of pyridine rings is 1. The second kappa shape index (κ2) is 6.50. The fourth-order valence-electron chi connectivity index (χ4n) is 1.95. The average molecular weight is 307 g/mol. The van der Waals surface area contributed by atoms with Gasteiger partial charge in [0, 0.05) is 16.5 Å². The summed E-state index contributed by atoms with van der Waals surface area (Å²) in [5, 5.41) is 19.4. The van der Waals surface area contributed by atoms with Gasteiger partial charge in [0.2, 0.25) is 6.43 Å². The lowest BCUT2D eigenvalue weighted by molar-refractivity contribution is -0.102. The van der Waals surface area contributed by atoms with E-state index >= 15 is 0 Å².